The lowest BCUT2D eigenvalue weighted by molar-refractivity contribution is 0.240. The number of aromatic nitrogens is 1. The van der Waals surface area contributed by atoms with Gasteiger partial charge in [-0.15, -0.1) is 11.3 Å². The second-order valence-electron chi connectivity index (χ2n) is 8.28. The average molecular weight is 482 g/mol. The van der Waals surface area contributed by atoms with E-state index in [-0.39, 0.29) is 6.03 Å². The zero-order chi connectivity index (χ0) is 24.0. The number of urea groups is 1. The molecule has 2 amide bonds. The summed E-state index contributed by atoms with van der Waals surface area (Å²) in [6.07, 6.45) is 0. The number of fused-ring (bicyclic) bond motifs is 1. The smallest absolute Gasteiger partial charge is 0.315 e. The summed E-state index contributed by atoms with van der Waals surface area (Å²) in [7, 11) is 1.64. The molecule has 35 heavy (non-hydrogen) atoms. The van der Waals surface area contributed by atoms with E-state index in [4.69, 9.17) is 4.74 Å². The Bertz CT molecular complexity index is 1430. The average Bonchev–Trinajstić information content (AvgIpc) is 3.53. The Hall–Kier alpha value is -4.03. The first-order chi connectivity index (χ1) is 17.2. The molecule has 0 unspecified atom stereocenters. The molecule has 0 radical (unpaired) electrons. The third kappa shape index (κ3) is 5.08. The maximum Gasteiger partial charge on any atom is 0.315 e. The van der Waals surface area contributed by atoms with Gasteiger partial charge < -0.3 is 19.9 Å². The van der Waals surface area contributed by atoms with Crippen molar-refractivity contribution in [3.63, 3.8) is 0 Å². The minimum atomic E-state index is -0.204. The number of para-hydroxylation sites is 1. The first-order valence-electron chi connectivity index (χ1n) is 11.6. The SMILES string of the molecule is COc1cccc(CNC(=O)NCc2c(-c3cccs3)n(Cc3ccccc3)c3ccccc23)c1. The van der Waals surface area contributed by atoms with Gasteiger partial charge in [0.15, 0.2) is 0 Å². The number of amides is 2. The van der Waals surface area contributed by atoms with Gasteiger partial charge in [-0.2, -0.15) is 0 Å². The van der Waals surface area contributed by atoms with Crippen molar-refractivity contribution in [2.24, 2.45) is 0 Å². The van der Waals surface area contributed by atoms with Crippen LogP contribution in [-0.2, 0) is 19.6 Å². The molecular formula is C29H27N3O2S. The van der Waals surface area contributed by atoms with Gasteiger partial charge in [0.25, 0.3) is 0 Å². The quantitative estimate of drug-likeness (QED) is 0.268. The predicted octanol–water partition coefficient (Wildman–Crippen LogP) is 6.43. The van der Waals surface area contributed by atoms with Crippen molar-refractivity contribution in [3.8, 4) is 16.3 Å². The van der Waals surface area contributed by atoms with Crippen molar-refractivity contribution in [3.05, 3.63) is 113 Å². The Morgan fingerprint density at radius 3 is 2.43 bits per heavy atom. The lowest BCUT2D eigenvalue weighted by Gasteiger charge is -2.13. The zero-order valence-corrected chi connectivity index (χ0v) is 20.3. The number of nitrogens with zero attached hydrogens (tertiary/aromatic N) is 1. The molecule has 2 aromatic heterocycles. The number of hydrogen-bond acceptors (Lipinski definition) is 3. The van der Waals surface area contributed by atoms with Crippen LogP contribution in [0.25, 0.3) is 21.5 Å². The lowest BCUT2D eigenvalue weighted by Crippen LogP contribution is -2.34. The second kappa shape index (κ2) is 10.5. The summed E-state index contributed by atoms with van der Waals surface area (Å²) < 4.78 is 7.63. The van der Waals surface area contributed by atoms with E-state index in [1.54, 1.807) is 18.4 Å². The summed E-state index contributed by atoms with van der Waals surface area (Å²) in [5, 5.41) is 9.29. The highest BCUT2D eigenvalue weighted by Crippen LogP contribution is 2.36. The Labute approximate surface area is 209 Å². The molecule has 6 heteroatoms. The molecule has 0 spiro atoms. The summed E-state index contributed by atoms with van der Waals surface area (Å²) in [6, 6.07) is 30.6. The summed E-state index contributed by atoms with van der Waals surface area (Å²) >= 11 is 1.71. The molecule has 5 nitrogen and oxygen atoms in total. The van der Waals surface area contributed by atoms with Crippen LogP contribution in [-0.4, -0.2) is 17.7 Å². The van der Waals surface area contributed by atoms with Crippen LogP contribution in [0.1, 0.15) is 16.7 Å². The van der Waals surface area contributed by atoms with Crippen LogP contribution < -0.4 is 15.4 Å². The van der Waals surface area contributed by atoms with E-state index >= 15 is 0 Å². The molecule has 0 aliphatic rings. The van der Waals surface area contributed by atoms with E-state index in [0.717, 1.165) is 40.0 Å². The molecule has 0 fully saturated rings. The van der Waals surface area contributed by atoms with Crippen molar-refractivity contribution in [1.82, 2.24) is 15.2 Å². The van der Waals surface area contributed by atoms with Gasteiger partial charge in [0.1, 0.15) is 5.75 Å². The normalized spacial score (nSPS) is 10.9. The second-order valence-corrected chi connectivity index (χ2v) is 9.23. The topological polar surface area (TPSA) is 55.3 Å². The lowest BCUT2D eigenvalue weighted by atomic mass is 10.1. The van der Waals surface area contributed by atoms with Crippen molar-refractivity contribution in [2.75, 3.05) is 7.11 Å². The molecule has 0 bridgehead atoms. The van der Waals surface area contributed by atoms with Crippen molar-refractivity contribution in [2.45, 2.75) is 19.6 Å². The third-order valence-corrected chi connectivity index (χ3v) is 6.90. The fourth-order valence-corrected chi connectivity index (χ4v) is 5.18. The van der Waals surface area contributed by atoms with E-state index in [1.807, 2.05) is 30.3 Å². The standard InChI is InChI=1S/C29H27N3O2S/c1-34-23-12-7-11-22(17-23)18-30-29(33)31-19-25-24-13-5-6-14-26(24)32(20-21-9-3-2-4-10-21)28(25)27-15-8-16-35-27/h2-17H,18-20H2,1H3,(H2,30,31,33). The Balaban J connectivity index is 1.42. The number of rotatable bonds is 8. The maximum atomic E-state index is 12.7. The summed E-state index contributed by atoms with van der Waals surface area (Å²) in [5.74, 6) is 0.775. The van der Waals surface area contributed by atoms with Gasteiger partial charge in [0, 0.05) is 36.1 Å². The third-order valence-electron chi connectivity index (χ3n) is 6.03. The number of nitrogens with one attached hydrogen (secondary N) is 2. The molecule has 2 N–H and O–H groups in total. The molecular weight excluding hydrogens is 454 g/mol. The van der Waals surface area contributed by atoms with E-state index in [9.17, 15) is 4.79 Å². The van der Waals surface area contributed by atoms with Crippen molar-refractivity contribution in [1.29, 1.82) is 0 Å². The summed E-state index contributed by atoms with van der Waals surface area (Å²) in [4.78, 5) is 13.9. The minimum Gasteiger partial charge on any atom is -0.497 e. The predicted molar refractivity (Wildman–Crippen MR) is 143 cm³/mol. The summed E-state index contributed by atoms with van der Waals surface area (Å²) in [6.45, 7) is 1.62. The highest BCUT2D eigenvalue weighted by molar-refractivity contribution is 7.13. The van der Waals surface area contributed by atoms with E-state index in [2.05, 4.69) is 81.2 Å². The number of hydrogen-bond donors (Lipinski definition) is 2. The Morgan fingerprint density at radius 2 is 1.63 bits per heavy atom. The molecule has 0 aliphatic heterocycles. The van der Waals surface area contributed by atoms with Gasteiger partial charge >= 0.3 is 6.03 Å². The van der Waals surface area contributed by atoms with Crippen LogP contribution in [0.3, 0.4) is 0 Å². The zero-order valence-electron chi connectivity index (χ0n) is 19.5. The molecule has 5 aromatic rings. The molecule has 5 rings (SSSR count). The van der Waals surface area contributed by atoms with Gasteiger partial charge in [0.2, 0.25) is 0 Å². The molecule has 0 atom stereocenters. The number of benzene rings is 3. The van der Waals surface area contributed by atoms with Gasteiger partial charge in [0.05, 0.1) is 17.7 Å². The Morgan fingerprint density at radius 1 is 0.857 bits per heavy atom. The first-order valence-corrected chi connectivity index (χ1v) is 12.4. The number of carbonyl (C=O) groups is 1. The molecule has 0 saturated heterocycles. The van der Waals surface area contributed by atoms with Crippen molar-refractivity contribution < 1.29 is 9.53 Å². The minimum absolute atomic E-state index is 0.204. The van der Waals surface area contributed by atoms with Crippen LogP contribution in [0.5, 0.6) is 5.75 Å². The van der Waals surface area contributed by atoms with Crippen LogP contribution in [0, 0.1) is 0 Å². The molecule has 176 valence electrons. The monoisotopic (exact) mass is 481 g/mol. The first kappa shape index (κ1) is 22.7. The van der Waals surface area contributed by atoms with Crippen LogP contribution >= 0.6 is 11.3 Å². The molecule has 0 aliphatic carbocycles. The fourth-order valence-electron chi connectivity index (χ4n) is 4.38. The fraction of sp³-hybridized carbons (Fsp3) is 0.138. The van der Waals surface area contributed by atoms with E-state index in [0.29, 0.717) is 13.1 Å². The number of thiophene rings is 1. The van der Waals surface area contributed by atoms with Crippen LogP contribution in [0.2, 0.25) is 0 Å². The highest BCUT2D eigenvalue weighted by atomic mass is 32.1. The number of methoxy groups -OCH3 is 1. The molecule has 2 heterocycles. The molecule has 3 aromatic carbocycles. The number of carbonyl (C=O) groups excluding carboxylic acids is 1. The van der Waals surface area contributed by atoms with Crippen LogP contribution in [0.4, 0.5) is 4.79 Å². The Kier molecular flexibility index (Phi) is 6.82. The number of ether oxygens (including phenoxy) is 1. The highest BCUT2D eigenvalue weighted by Gasteiger charge is 2.20. The van der Waals surface area contributed by atoms with Crippen molar-refractivity contribution >= 4 is 28.3 Å². The van der Waals surface area contributed by atoms with Gasteiger partial charge in [-0.05, 0) is 40.8 Å². The van der Waals surface area contributed by atoms with Gasteiger partial charge in [-0.1, -0.05) is 66.7 Å². The van der Waals surface area contributed by atoms with Crippen LogP contribution in [0.15, 0.2) is 96.4 Å². The largest absolute Gasteiger partial charge is 0.497 e. The van der Waals surface area contributed by atoms with E-state index in [1.165, 1.54) is 10.4 Å². The summed E-state index contributed by atoms with van der Waals surface area (Å²) in [5.41, 5.74) is 5.65. The van der Waals surface area contributed by atoms with Gasteiger partial charge in [-0.3, -0.25) is 0 Å². The maximum absolute atomic E-state index is 12.7. The van der Waals surface area contributed by atoms with Gasteiger partial charge in [-0.25, -0.2) is 4.79 Å². The molecule has 0 saturated carbocycles. The van der Waals surface area contributed by atoms with E-state index < -0.39 is 0 Å².